The maximum absolute atomic E-state index is 11.8. The summed E-state index contributed by atoms with van der Waals surface area (Å²) in [5.74, 6) is 0.0634. The largest absolute Gasteiger partial charge is 0.389 e. The second-order valence-electron chi connectivity index (χ2n) is 4.85. The number of carbonyl (C=O) groups is 1. The molecular formula is C13H23NO2. The Bertz CT molecular complexity index is 244. The van der Waals surface area contributed by atoms with E-state index in [1.807, 2.05) is 13.1 Å². The van der Waals surface area contributed by atoms with Crippen LogP contribution < -0.4 is 0 Å². The fraction of sp³-hybridized carbons (Fsp3) is 0.769. The summed E-state index contributed by atoms with van der Waals surface area (Å²) in [7, 11) is 1.81. The van der Waals surface area contributed by atoms with Gasteiger partial charge in [0.25, 0.3) is 0 Å². The molecule has 1 N–H and O–H groups in total. The first-order valence-corrected chi connectivity index (χ1v) is 6.15. The van der Waals surface area contributed by atoms with E-state index in [0.29, 0.717) is 0 Å². The van der Waals surface area contributed by atoms with Gasteiger partial charge in [-0.1, -0.05) is 18.9 Å². The molecule has 1 saturated carbocycles. The summed E-state index contributed by atoms with van der Waals surface area (Å²) in [6.45, 7) is 4.40. The Morgan fingerprint density at radius 2 is 2.12 bits per heavy atom. The van der Waals surface area contributed by atoms with E-state index in [1.165, 1.54) is 0 Å². The van der Waals surface area contributed by atoms with Gasteiger partial charge in [-0.3, -0.25) is 4.79 Å². The zero-order valence-corrected chi connectivity index (χ0v) is 10.2. The maximum atomic E-state index is 11.8. The standard InChI is InChI=1S/C13H23NO2/c1-3-4-7-10-14(2)12(15)11-13(16)8-5-6-9-13/h3,16H,1,4-11H2,2H3. The summed E-state index contributed by atoms with van der Waals surface area (Å²) in [6.07, 6.45) is 7.68. The summed E-state index contributed by atoms with van der Waals surface area (Å²) in [4.78, 5) is 13.6. The highest BCUT2D eigenvalue weighted by molar-refractivity contribution is 5.77. The maximum Gasteiger partial charge on any atom is 0.225 e. The van der Waals surface area contributed by atoms with E-state index < -0.39 is 5.60 Å². The lowest BCUT2D eigenvalue weighted by atomic mass is 9.97. The molecule has 92 valence electrons. The fourth-order valence-electron chi connectivity index (χ4n) is 2.22. The molecule has 1 rings (SSSR count). The van der Waals surface area contributed by atoms with Gasteiger partial charge in [0.2, 0.25) is 5.91 Å². The van der Waals surface area contributed by atoms with Crippen molar-refractivity contribution in [3.8, 4) is 0 Å². The van der Waals surface area contributed by atoms with Crippen LogP contribution in [0.25, 0.3) is 0 Å². The van der Waals surface area contributed by atoms with Crippen molar-refractivity contribution in [1.82, 2.24) is 4.90 Å². The molecule has 0 heterocycles. The van der Waals surface area contributed by atoms with Crippen LogP contribution in [0.2, 0.25) is 0 Å². The van der Waals surface area contributed by atoms with Gasteiger partial charge in [0.1, 0.15) is 0 Å². The number of rotatable bonds is 6. The van der Waals surface area contributed by atoms with Crippen LogP contribution in [0.3, 0.4) is 0 Å². The summed E-state index contributed by atoms with van der Waals surface area (Å²) in [5, 5.41) is 10.1. The number of hydrogen-bond acceptors (Lipinski definition) is 2. The van der Waals surface area contributed by atoms with Gasteiger partial charge in [-0.2, -0.15) is 0 Å². The topological polar surface area (TPSA) is 40.5 Å². The molecule has 0 spiro atoms. The van der Waals surface area contributed by atoms with Crippen LogP contribution in [0.4, 0.5) is 0 Å². The number of allylic oxidation sites excluding steroid dienone is 1. The minimum Gasteiger partial charge on any atom is -0.389 e. The highest BCUT2D eigenvalue weighted by Gasteiger charge is 2.34. The molecule has 3 nitrogen and oxygen atoms in total. The van der Waals surface area contributed by atoms with Gasteiger partial charge in [0.15, 0.2) is 0 Å². The molecule has 1 amide bonds. The number of hydrogen-bond donors (Lipinski definition) is 1. The Hall–Kier alpha value is -0.830. The molecule has 0 unspecified atom stereocenters. The summed E-state index contributed by atoms with van der Waals surface area (Å²) in [5.41, 5.74) is -0.718. The van der Waals surface area contributed by atoms with E-state index in [4.69, 9.17) is 0 Å². The van der Waals surface area contributed by atoms with Gasteiger partial charge >= 0.3 is 0 Å². The van der Waals surface area contributed by atoms with Crippen molar-refractivity contribution in [2.75, 3.05) is 13.6 Å². The number of amides is 1. The van der Waals surface area contributed by atoms with E-state index >= 15 is 0 Å². The van der Waals surface area contributed by atoms with Crippen LogP contribution >= 0.6 is 0 Å². The van der Waals surface area contributed by atoms with Crippen molar-refractivity contribution >= 4 is 5.91 Å². The van der Waals surface area contributed by atoms with E-state index in [-0.39, 0.29) is 12.3 Å². The van der Waals surface area contributed by atoms with Crippen molar-refractivity contribution in [2.45, 2.75) is 50.5 Å². The molecule has 0 aromatic carbocycles. The minimum atomic E-state index is -0.718. The Kier molecular flexibility index (Phi) is 5.00. The second kappa shape index (κ2) is 6.04. The van der Waals surface area contributed by atoms with Crippen molar-refractivity contribution in [3.05, 3.63) is 12.7 Å². The van der Waals surface area contributed by atoms with Crippen LogP contribution in [0.5, 0.6) is 0 Å². The normalized spacial score (nSPS) is 18.4. The number of unbranched alkanes of at least 4 members (excludes halogenated alkanes) is 1. The molecule has 0 aromatic rings. The van der Waals surface area contributed by atoms with E-state index in [9.17, 15) is 9.90 Å². The Labute approximate surface area is 98.1 Å². The van der Waals surface area contributed by atoms with Gasteiger partial charge in [0, 0.05) is 13.6 Å². The molecule has 16 heavy (non-hydrogen) atoms. The monoisotopic (exact) mass is 225 g/mol. The Morgan fingerprint density at radius 1 is 1.50 bits per heavy atom. The van der Waals surface area contributed by atoms with Crippen LogP contribution in [-0.2, 0) is 4.79 Å². The minimum absolute atomic E-state index is 0.0634. The average molecular weight is 225 g/mol. The van der Waals surface area contributed by atoms with Crippen molar-refractivity contribution in [3.63, 3.8) is 0 Å². The van der Waals surface area contributed by atoms with E-state index in [1.54, 1.807) is 4.90 Å². The van der Waals surface area contributed by atoms with Gasteiger partial charge in [-0.25, -0.2) is 0 Å². The quantitative estimate of drug-likeness (QED) is 0.555. The second-order valence-corrected chi connectivity index (χ2v) is 4.85. The predicted molar refractivity (Wildman–Crippen MR) is 65.1 cm³/mol. The van der Waals surface area contributed by atoms with Crippen LogP contribution in [0.15, 0.2) is 12.7 Å². The zero-order chi connectivity index (χ0) is 12.0. The van der Waals surface area contributed by atoms with Crippen molar-refractivity contribution in [1.29, 1.82) is 0 Å². The molecule has 3 heteroatoms. The van der Waals surface area contributed by atoms with E-state index in [0.717, 1.165) is 45.1 Å². The summed E-state index contributed by atoms with van der Waals surface area (Å²) >= 11 is 0. The van der Waals surface area contributed by atoms with Crippen molar-refractivity contribution in [2.24, 2.45) is 0 Å². The van der Waals surface area contributed by atoms with Gasteiger partial charge < -0.3 is 10.0 Å². The SMILES string of the molecule is C=CCCCN(C)C(=O)CC1(O)CCCC1. The molecule has 1 fully saturated rings. The first-order valence-electron chi connectivity index (χ1n) is 6.15. The third kappa shape index (κ3) is 3.97. The van der Waals surface area contributed by atoms with Crippen LogP contribution in [0, 0.1) is 0 Å². The average Bonchev–Trinajstić information content (AvgIpc) is 2.65. The number of nitrogens with zero attached hydrogens (tertiary/aromatic N) is 1. The lowest BCUT2D eigenvalue weighted by Gasteiger charge is -2.25. The number of carbonyl (C=O) groups excluding carboxylic acids is 1. The summed E-state index contributed by atoms with van der Waals surface area (Å²) in [6, 6.07) is 0. The molecule has 0 aliphatic heterocycles. The lowest BCUT2D eigenvalue weighted by molar-refractivity contribution is -0.135. The van der Waals surface area contributed by atoms with Crippen molar-refractivity contribution < 1.29 is 9.90 Å². The summed E-state index contributed by atoms with van der Waals surface area (Å²) < 4.78 is 0. The Balaban J connectivity index is 2.30. The third-order valence-electron chi connectivity index (χ3n) is 3.34. The fourth-order valence-corrected chi connectivity index (χ4v) is 2.22. The van der Waals surface area contributed by atoms with Gasteiger partial charge in [0.05, 0.1) is 12.0 Å². The zero-order valence-electron chi connectivity index (χ0n) is 10.2. The highest BCUT2D eigenvalue weighted by atomic mass is 16.3. The van der Waals surface area contributed by atoms with Crippen LogP contribution in [0.1, 0.15) is 44.9 Å². The molecule has 0 saturated heterocycles. The molecule has 0 bridgehead atoms. The first-order chi connectivity index (χ1) is 7.57. The molecule has 0 atom stereocenters. The smallest absolute Gasteiger partial charge is 0.225 e. The van der Waals surface area contributed by atoms with E-state index in [2.05, 4.69) is 6.58 Å². The van der Waals surface area contributed by atoms with Gasteiger partial charge in [-0.15, -0.1) is 6.58 Å². The molecular weight excluding hydrogens is 202 g/mol. The molecule has 0 radical (unpaired) electrons. The Morgan fingerprint density at radius 3 is 2.69 bits per heavy atom. The molecule has 0 aromatic heterocycles. The molecule has 1 aliphatic carbocycles. The molecule has 1 aliphatic rings. The lowest BCUT2D eigenvalue weighted by Crippen LogP contribution is -2.36. The predicted octanol–water partition coefficient (Wildman–Crippen LogP) is 2.11. The highest BCUT2D eigenvalue weighted by Crippen LogP contribution is 2.32. The number of aliphatic hydroxyl groups is 1. The van der Waals surface area contributed by atoms with Gasteiger partial charge in [-0.05, 0) is 25.7 Å². The van der Waals surface area contributed by atoms with Crippen LogP contribution in [-0.4, -0.2) is 35.1 Å². The third-order valence-corrected chi connectivity index (χ3v) is 3.34. The first kappa shape index (κ1) is 13.2.